The second-order valence-corrected chi connectivity index (χ2v) is 3.83. The SMILES string of the molecule is Cc1ccc(-c2ccc(O)c(N)c2N)cc1. The molecule has 2 aromatic carbocycles. The summed E-state index contributed by atoms with van der Waals surface area (Å²) in [7, 11) is 0. The van der Waals surface area contributed by atoms with Gasteiger partial charge in [0.2, 0.25) is 0 Å². The monoisotopic (exact) mass is 214 g/mol. The van der Waals surface area contributed by atoms with E-state index in [1.807, 2.05) is 31.2 Å². The summed E-state index contributed by atoms with van der Waals surface area (Å²) < 4.78 is 0. The van der Waals surface area contributed by atoms with Gasteiger partial charge in [0.25, 0.3) is 0 Å². The molecule has 16 heavy (non-hydrogen) atoms. The van der Waals surface area contributed by atoms with E-state index in [9.17, 15) is 5.11 Å². The Morgan fingerprint density at radius 3 is 2.12 bits per heavy atom. The van der Waals surface area contributed by atoms with Crippen molar-refractivity contribution < 1.29 is 5.11 Å². The van der Waals surface area contributed by atoms with E-state index < -0.39 is 0 Å². The lowest BCUT2D eigenvalue weighted by molar-refractivity contribution is 0.478. The molecule has 0 heterocycles. The predicted octanol–water partition coefficient (Wildman–Crippen LogP) is 2.53. The van der Waals surface area contributed by atoms with Crippen molar-refractivity contribution in [3.63, 3.8) is 0 Å². The van der Waals surface area contributed by atoms with Crippen LogP contribution < -0.4 is 11.5 Å². The summed E-state index contributed by atoms with van der Waals surface area (Å²) in [5.74, 6) is 0.0216. The predicted molar refractivity (Wildman–Crippen MR) is 67.1 cm³/mol. The zero-order chi connectivity index (χ0) is 11.7. The van der Waals surface area contributed by atoms with Crippen LogP contribution in [0.1, 0.15) is 5.56 Å². The fourth-order valence-corrected chi connectivity index (χ4v) is 1.61. The Balaban J connectivity index is 2.57. The van der Waals surface area contributed by atoms with E-state index in [1.165, 1.54) is 5.56 Å². The van der Waals surface area contributed by atoms with Crippen molar-refractivity contribution in [3.05, 3.63) is 42.0 Å². The first-order chi connectivity index (χ1) is 7.59. The van der Waals surface area contributed by atoms with Gasteiger partial charge in [-0.3, -0.25) is 0 Å². The third-order valence-electron chi connectivity index (χ3n) is 2.63. The topological polar surface area (TPSA) is 72.3 Å². The number of phenolic OH excluding ortho intramolecular Hbond substituents is 1. The molecule has 3 heteroatoms. The molecule has 0 radical (unpaired) electrons. The number of nitrogen functional groups attached to an aromatic ring is 2. The lowest BCUT2D eigenvalue weighted by atomic mass is 10.0. The minimum atomic E-state index is 0.0216. The number of aryl methyl sites for hydroxylation is 1. The average Bonchev–Trinajstić information content (AvgIpc) is 2.28. The first-order valence-corrected chi connectivity index (χ1v) is 5.03. The normalized spacial score (nSPS) is 10.3. The summed E-state index contributed by atoms with van der Waals surface area (Å²) in [6, 6.07) is 11.3. The molecule has 0 saturated heterocycles. The van der Waals surface area contributed by atoms with Gasteiger partial charge in [-0.1, -0.05) is 29.8 Å². The molecule has 3 nitrogen and oxygen atoms in total. The van der Waals surface area contributed by atoms with Crippen molar-refractivity contribution in [2.24, 2.45) is 0 Å². The van der Waals surface area contributed by atoms with E-state index in [-0.39, 0.29) is 11.4 Å². The van der Waals surface area contributed by atoms with Gasteiger partial charge >= 0.3 is 0 Å². The summed E-state index contributed by atoms with van der Waals surface area (Å²) in [5, 5.41) is 9.41. The Labute approximate surface area is 94.3 Å². The molecular weight excluding hydrogens is 200 g/mol. The highest BCUT2D eigenvalue weighted by molar-refractivity contribution is 5.87. The number of anilines is 2. The molecule has 0 fully saturated rings. The average molecular weight is 214 g/mol. The molecule has 82 valence electrons. The van der Waals surface area contributed by atoms with Crippen LogP contribution in [0.5, 0.6) is 5.75 Å². The molecule has 0 aromatic heterocycles. The molecule has 0 amide bonds. The summed E-state index contributed by atoms with van der Waals surface area (Å²) in [6.45, 7) is 2.03. The van der Waals surface area contributed by atoms with E-state index in [2.05, 4.69) is 0 Å². The second kappa shape index (κ2) is 3.77. The lowest BCUT2D eigenvalue weighted by Crippen LogP contribution is -1.97. The number of phenols is 1. The second-order valence-electron chi connectivity index (χ2n) is 3.83. The van der Waals surface area contributed by atoms with Crippen molar-refractivity contribution in [1.82, 2.24) is 0 Å². The van der Waals surface area contributed by atoms with E-state index >= 15 is 0 Å². The van der Waals surface area contributed by atoms with Gasteiger partial charge < -0.3 is 16.6 Å². The number of hydrogen-bond donors (Lipinski definition) is 3. The molecule has 0 saturated carbocycles. The van der Waals surface area contributed by atoms with Crippen LogP contribution in [-0.4, -0.2) is 5.11 Å². The zero-order valence-corrected chi connectivity index (χ0v) is 9.07. The quantitative estimate of drug-likeness (QED) is 0.504. The molecular formula is C13H14N2O. The third-order valence-corrected chi connectivity index (χ3v) is 2.63. The first-order valence-electron chi connectivity index (χ1n) is 5.03. The number of hydrogen-bond acceptors (Lipinski definition) is 3. The number of benzene rings is 2. The van der Waals surface area contributed by atoms with Gasteiger partial charge in [0, 0.05) is 5.56 Å². The van der Waals surface area contributed by atoms with E-state index in [4.69, 9.17) is 11.5 Å². The largest absolute Gasteiger partial charge is 0.506 e. The highest BCUT2D eigenvalue weighted by Gasteiger charge is 2.08. The van der Waals surface area contributed by atoms with Gasteiger partial charge in [-0.25, -0.2) is 0 Å². The summed E-state index contributed by atoms with van der Waals surface area (Å²) >= 11 is 0. The summed E-state index contributed by atoms with van der Waals surface area (Å²) in [5.41, 5.74) is 15.2. The smallest absolute Gasteiger partial charge is 0.140 e. The molecule has 2 aromatic rings. The maximum Gasteiger partial charge on any atom is 0.140 e. The number of aromatic hydroxyl groups is 1. The van der Waals surface area contributed by atoms with Gasteiger partial charge in [-0.15, -0.1) is 0 Å². The van der Waals surface area contributed by atoms with Crippen LogP contribution in [0.4, 0.5) is 11.4 Å². The van der Waals surface area contributed by atoms with Gasteiger partial charge in [-0.2, -0.15) is 0 Å². The zero-order valence-electron chi connectivity index (χ0n) is 9.07. The number of rotatable bonds is 1. The standard InChI is InChI=1S/C13H14N2O/c1-8-2-4-9(5-3-8)10-6-7-11(16)13(15)12(10)14/h2-7,16H,14-15H2,1H3. The van der Waals surface area contributed by atoms with E-state index in [1.54, 1.807) is 12.1 Å². The Bertz CT molecular complexity index is 518. The first kappa shape index (κ1) is 10.4. The van der Waals surface area contributed by atoms with E-state index in [0.717, 1.165) is 11.1 Å². The maximum absolute atomic E-state index is 9.41. The van der Waals surface area contributed by atoms with Crippen molar-refractivity contribution >= 4 is 11.4 Å². The van der Waals surface area contributed by atoms with Crippen LogP contribution in [0, 0.1) is 6.92 Å². The third kappa shape index (κ3) is 1.67. The Morgan fingerprint density at radius 2 is 1.50 bits per heavy atom. The molecule has 2 rings (SSSR count). The van der Waals surface area contributed by atoms with Gasteiger partial charge in [0.05, 0.1) is 11.4 Å². The Morgan fingerprint density at radius 1 is 0.875 bits per heavy atom. The molecule has 0 aliphatic heterocycles. The van der Waals surface area contributed by atoms with Crippen LogP contribution in [0.2, 0.25) is 0 Å². The van der Waals surface area contributed by atoms with Crippen molar-refractivity contribution in [1.29, 1.82) is 0 Å². The van der Waals surface area contributed by atoms with Crippen molar-refractivity contribution in [3.8, 4) is 16.9 Å². The van der Waals surface area contributed by atoms with Crippen LogP contribution in [0.3, 0.4) is 0 Å². The molecule has 0 aliphatic rings. The van der Waals surface area contributed by atoms with Crippen molar-refractivity contribution in [2.45, 2.75) is 6.92 Å². The molecule has 0 atom stereocenters. The van der Waals surface area contributed by atoms with Gasteiger partial charge in [-0.05, 0) is 24.6 Å². The number of nitrogens with two attached hydrogens (primary N) is 2. The highest BCUT2D eigenvalue weighted by atomic mass is 16.3. The van der Waals surface area contributed by atoms with Crippen LogP contribution in [-0.2, 0) is 0 Å². The fraction of sp³-hybridized carbons (Fsp3) is 0.0769. The molecule has 5 N–H and O–H groups in total. The molecule has 0 unspecified atom stereocenters. The van der Waals surface area contributed by atoms with Gasteiger partial charge in [0.15, 0.2) is 0 Å². The van der Waals surface area contributed by atoms with E-state index in [0.29, 0.717) is 5.69 Å². The fourth-order valence-electron chi connectivity index (χ4n) is 1.61. The van der Waals surface area contributed by atoms with Crippen molar-refractivity contribution in [2.75, 3.05) is 11.5 Å². The Kier molecular flexibility index (Phi) is 2.44. The minimum absolute atomic E-state index is 0.0216. The van der Waals surface area contributed by atoms with Crippen LogP contribution in [0.15, 0.2) is 36.4 Å². The van der Waals surface area contributed by atoms with Crippen LogP contribution in [0.25, 0.3) is 11.1 Å². The molecule has 0 aliphatic carbocycles. The van der Waals surface area contributed by atoms with Gasteiger partial charge in [0.1, 0.15) is 5.75 Å². The summed E-state index contributed by atoms with van der Waals surface area (Å²) in [4.78, 5) is 0. The molecule has 0 bridgehead atoms. The molecule has 0 spiro atoms. The highest BCUT2D eigenvalue weighted by Crippen LogP contribution is 2.35. The Hall–Kier alpha value is -2.16. The maximum atomic E-state index is 9.41. The minimum Gasteiger partial charge on any atom is -0.506 e. The van der Waals surface area contributed by atoms with Crippen LogP contribution >= 0.6 is 0 Å². The lowest BCUT2D eigenvalue weighted by Gasteiger charge is -2.10. The summed E-state index contributed by atoms with van der Waals surface area (Å²) in [6.07, 6.45) is 0.